The average Bonchev–Trinajstić information content (AvgIpc) is 2.55. The van der Waals surface area contributed by atoms with Crippen molar-refractivity contribution >= 4 is 11.6 Å². The Balaban J connectivity index is 2.06. The van der Waals surface area contributed by atoms with Crippen LogP contribution in [0.4, 0.5) is 0 Å². The highest BCUT2D eigenvalue weighted by Gasteiger charge is 2.22. The Hall–Kier alpha value is 0.290. The van der Waals surface area contributed by atoms with Gasteiger partial charge >= 0.3 is 0 Å². The Morgan fingerprint density at radius 2 is 1.77 bits per heavy atom. The Bertz CT molecular complexity index is 125. The topological polar surface area (TPSA) is 0 Å². The number of alkyl halides is 1. The third-order valence-corrected chi connectivity index (χ3v) is 3.75. The molecular weight excluding hydrogens is 180 g/mol. The first-order chi connectivity index (χ1) is 6.20. The van der Waals surface area contributed by atoms with Crippen LogP contribution < -0.4 is 0 Å². The summed E-state index contributed by atoms with van der Waals surface area (Å²) in [5, 5.41) is 0.473. The molecule has 1 atom stereocenters. The molecule has 0 spiro atoms. The molecule has 0 bridgehead atoms. The lowest BCUT2D eigenvalue weighted by molar-refractivity contribution is 0.453. The van der Waals surface area contributed by atoms with Crippen LogP contribution in [0.25, 0.3) is 0 Å². The van der Waals surface area contributed by atoms with Gasteiger partial charge in [-0.05, 0) is 31.1 Å². The third-order valence-electron chi connectivity index (χ3n) is 3.17. The lowest BCUT2D eigenvalue weighted by Crippen LogP contribution is -2.11. The van der Waals surface area contributed by atoms with Gasteiger partial charge in [-0.25, -0.2) is 0 Å². The SMILES string of the molecule is CC(C)CCCC(Cl)C1CCCC1. The standard InChI is InChI=1S/C12H23Cl/c1-10(2)6-5-9-12(13)11-7-3-4-8-11/h10-12H,3-9H2,1-2H3. The molecule has 1 aliphatic rings. The highest BCUT2D eigenvalue weighted by molar-refractivity contribution is 6.20. The maximum Gasteiger partial charge on any atom is 0.0364 e. The summed E-state index contributed by atoms with van der Waals surface area (Å²) in [7, 11) is 0. The first-order valence-corrected chi connectivity index (χ1v) is 6.28. The van der Waals surface area contributed by atoms with Gasteiger partial charge in [-0.2, -0.15) is 0 Å². The molecule has 78 valence electrons. The summed E-state index contributed by atoms with van der Waals surface area (Å²) >= 11 is 6.37. The van der Waals surface area contributed by atoms with Gasteiger partial charge in [0.05, 0.1) is 0 Å². The predicted molar refractivity (Wildman–Crippen MR) is 60.3 cm³/mol. The zero-order chi connectivity index (χ0) is 9.68. The van der Waals surface area contributed by atoms with Crippen LogP contribution in [0.15, 0.2) is 0 Å². The highest BCUT2D eigenvalue weighted by Crippen LogP contribution is 2.32. The van der Waals surface area contributed by atoms with Crippen LogP contribution in [0.2, 0.25) is 0 Å². The van der Waals surface area contributed by atoms with Gasteiger partial charge in [-0.3, -0.25) is 0 Å². The molecule has 0 heterocycles. The van der Waals surface area contributed by atoms with Crippen LogP contribution >= 0.6 is 11.6 Å². The van der Waals surface area contributed by atoms with Gasteiger partial charge < -0.3 is 0 Å². The molecule has 0 aliphatic heterocycles. The number of hydrogen-bond acceptors (Lipinski definition) is 0. The molecule has 1 aliphatic carbocycles. The molecule has 13 heavy (non-hydrogen) atoms. The van der Waals surface area contributed by atoms with Crippen molar-refractivity contribution in [1.29, 1.82) is 0 Å². The molecule has 0 N–H and O–H groups in total. The van der Waals surface area contributed by atoms with Crippen molar-refractivity contribution in [2.75, 3.05) is 0 Å². The van der Waals surface area contributed by atoms with Gasteiger partial charge in [0, 0.05) is 5.38 Å². The van der Waals surface area contributed by atoms with Gasteiger partial charge in [0.15, 0.2) is 0 Å². The van der Waals surface area contributed by atoms with Crippen molar-refractivity contribution in [3.8, 4) is 0 Å². The summed E-state index contributed by atoms with van der Waals surface area (Å²) < 4.78 is 0. The van der Waals surface area contributed by atoms with E-state index < -0.39 is 0 Å². The van der Waals surface area contributed by atoms with E-state index in [9.17, 15) is 0 Å². The monoisotopic (exact) mass is 202 g/mol. The van der Waals surface area contributed by atoms with Crippen molar-refractivity contribution < 1.29 is 0 Å². The lowest BCUT2D eigenvalue weighted by Gasteiger charge is -2.16. The van der Waals surface area contributed by atoms with Crippen molar-refractivity contribution in [2.24, 2.45) is 11.8 Å². The summed E-state index contributed by atoms with van der Waals surface area (Å²) in [6, 6.07) is 0. The van der Waals surface area contributed by atoms with Crippen LogP contribution in [-0.4, -0.2) is 5.38 Å². The number of rotatable bonds is 5. The van der Waals surface area contributed by atoms with Crippen LogP contribution in [0, 0.1) is 11.8 Å². The van der Waals surface area contributed by atoms with Crippen molar-refractivity contribution in [3.63, 3.8) is 0 Å². The fourth-order valence-electron chi connectivity index (χ4n) is 2.28. The van der Waals surface area contributed by atoms with Gasteiger partial charge in [-0.15, -0.1) is 11.6 Å². The minimum absolute atomic E-state index is 0.473. The van der Waals surface area contributed by atoms with Crippen LogP contribution in [0.5, 0.6) is 0 Å². The Kier molecular flexibility index (Phi) is 5.16. The number of hydrogen-bond donors (Lipinski definition) is 0. The molecule has 0 radical (unpaired) electrons. The second kappa shape index (κ2) is 5.90. The van der Waals surface area contributed by atoms with E-state index >= 15 is 0 Å². The van der Waals surface area contributed by atoms with Crippen molar-refractivity contribution in [1.82, 2.24) is 0 Å². The minimum Gasteiger partial charge on any atom is -0.123 e. The quantitative estimate of drug-likeness (QED) is 0.572. The molecule has 0 aromatic carbocycles. The normalized spacial score (nSPS) is 21.2. The molecule has 0 saturated heterocycles. The van der Waals surface area contributed by atoms with Crippen molar-refractivity contribution in [3.05, 3.63) is 0 Å². The Morgan fingerprint density at radius 1 is 1.15 bits per heavy atom. The third kappa shape index (κ3) is 4.35. The Labute approximate surface area is 88.1 Å². The second-order valence-corrected chi connectivity index (χ2v) is 5.45. The summed E-state index contributed by atoms with van der Waals surface area (Å²) in [6.07, 6.45) is 9.50. The highest BCUT2D eigenvalue weighted by atomic mass is 35.5. The molecular formula is C12H23Cl. The van der Waals surface area contributed by atoms with Gasteiger partial charge in [-0.1, -0.05) is 39.5 Å². The van der Waals surface area contributed by atoms with Gasteiger partial charge in [0.2, 0.25) is 0 Å². The molecule has 1 saturated carbocycles. The summed E-state index contributed by atoms with van der Waals surface area (Å²) in [6.45, 7) is 4.58. The second-order valence-electron chi connectivity index (χ2n) is 4.89. The zero-order valence-electron chi connectivity index (χ0n) is 9.06. The van der Waals surface area contributed by atoms with Crippen LogP contribution in [0.3, 0.4) is 0 Å². The molecule has 0 aromatic heterocycles. The molecule has 1 fully saturated rings. The average molecular weight is 203 g/mol. The fourth-order valence-corrected chi connectivity index (χ4v) is 2.68. The number of halogens is 1. The molecule has 1 heteroatoms. The van der Waals surface area contributed by atoms with E-state index in [-0.39, 0.29) is 0 Å². The van der Waals surface area contributed by atoms with E-state index in [1.807, 2.05) is 0 Å². The van der Waals surface area contributed by atoms with E-state index in [2.05, 4.69) is 13.8 Å². The summed E-state index contributed by atoms with van der Waals surface area (Å²) in [4.78, 5) is 0. The smallest absolute Gasteiger partial charge is 0.0364 e. The Morgan fingerprint density at radius 3 is 2.31 bits per heavy atom. The molecule has 0 amide bonds. The lowest BCUT2D eigenvalue weighted by atomic mass is 9.97. The van der Waals surface area contributed by atoms with Crippen molar-refractivity contribution in [2.45, 2.75) is 64.2 Å². The summed E-state index contributed by atoms with van der Waals surface area (Å²) in [5.74, 6) is 1.68. The van der Waals surface area contributed by atoms with E-state index in [4.69, 9.17) is 11.6 Å². The molecule has 0 nitrogen and oxygen atoms in total. The van der Waals surface area contributed by atoms with E-state index in [1.54, 1.807) is 0 Å². The first-order valence-electron chi connectivity index (χ1n) is 5.84. The largest absolute Gasteiger partial charge is 0.123 e. The molecule has 0 aromatic rings. The fraction of sp³-hybridized carbons (Fsp3) is 1.00. The maximum absolute atomic E-state index is 6.37. The van der Waals surface area contributed by atoms with E-state index in [0.717, 1.165) is 11.8 Å². The van der Waals surface area contributed by atoms with E-state index in [1.165, 1.54) is 44.9 Å². The zero-order valence-corrected chi connectivity index (χ0v) is 9.82. The predicted octanol–water partition coefficient (Wildman–Crippen LogP) is 4.61. The van der Waals surface area contributed by atoms with E-state index in [0.29, 0.717) is 5.38 Å². The maximum atomic E-state index is 6.37. The van der Waals surface area contributed by atoms with Gasteiger partial charge in [0.25, 0.3) is 0 Å². The minimum atomic E-state index is 0.473. The molecule has 1 rings (SSSR count). The first kappa shape index (κ1) is 11.4. The van der Waals surface area contributed by atoms with Crippen LogP contribution in [0.1, 0.15) is 58.8 Å². The van der Waals surface area contributed by atoms with Crippen LogP contribution in [-0.2, 0) is 0 Å². The van der Waals surface area contributed by atoms with Gasteiger partial charge in [0.1, 0.15) is 0 Å². The summed E-state index contributed by atoms with van der Waals surface area (Å²) in [5.41, 5.74) is 0. The molecule has 1 unspecified atom stereocenters.